The van der Waals surface area contributed by atoms with Gasteiger partial charge in [-0.2, -0.15) is 4.31 Å². The summed E-state index contributed by atoms with van der Waals surface area (Å²) in [6.07, 6.45) is 1.33. The lowest BCUT2D eigenvalue weighted by molar-refractivity contribution is 0.0730. The van der Waals surface area contributed by atoms with Gasteiger partial charge in [-0.15, -0.1) is 0 Å². The minimum Gasteiger partial charge on any atom is -0.379 e. The standard InChI is InChI=1S/C16H16N4O4S2/c21-15(19-16-18-12-3-1-2-4-14(12)25-16)13-9-11(10-17-13)26(22,23)20-5-7-24-8-6-20/h1-4,9-10,17H,5-8H2,(H,18,19,21). The van der Waals surface area contributed by atoms with Crippen molar-refractivity contribution in [1.82, 2.24) is 14.3 Å². The fourth-order valence-corrected chi connectivity index (χ4v) is 4.94. The molecule has 4 rings (SSSR count). The fourth-order valence-electron chi connectivity index (χ4n) is 2.68. The number of anilines is 1. The van der Waals surface area contributed by atoms with Gasteiger partial charge < -0.3 is 9.72 Å². The third-order valence-electron chi connectivity index (χ3n) is 4.02. The zero-order chi connectivity index (χ0) is 18.1. The average Bonchev–Trinajstić information content (AvgIpc) is 3.29. The number of nitrogens with zero attached hydrogens (tertiary/aromatic N) is 2. The quantitative estimate of drug-likeness (QED) is 0.706. The molecule has 0 bridgehead atoms. The molecule has 0 aliphatic carbocycles. The van der Waals surface area contributed by atoms with Crippen LogP contribution in [0.3, 0.4) is 0 Å². The minimum absolute atomic E-state index is 0.0637. The van der Waals surface area contributed by atoms with Crippen molar-refractivity contribution in [2.45, 2.75) is 4.90 Å². The summed E-state index contributed by atoms with van der Waals surface area (Å²) in [5, 5.41) is 3.16. The van der Waals surface area contributed by atoms with Crippen LogP contribution in [0.2, 0.25) is 0 Å². The van der Waals surface area contributed by atoms with Crippen molar-refractivity contribution in [3.8, 4) is 0 Å². The zero-order valence-corrected chi connectivity index (χ0v) is 15.3. The van der Waals surface area contributed by atoms with E-state index in [0.717, 1.165) is 10.2 Å². The first-order chi connectivity index (χ1) is 12.5. The van der Waals surface area contributed by atoms with Crippen molar-refractivity contribution >= 4 is 42.6 Å². The Labute approximate surface area is 153 Å². The number of rotatable bonds is 4. The van der Waals surface area contributed by atoms with E-state index in [0.29, 0.717) is 31.4 Å². The molecule has 0 atom stereocenters. The number of sulfonamides is 1. The molecule has 10 heteroatoms. The Morgan fingerprint density at radius 2 is 2.04 bits per heavy atom. The normalized spacial score (nSPS) is 16.0. The predicted octanol–water partition coefficient (Wildman–Crippen LogP) is 1.90. The van der Waals surface area contributed by atoms with E-state index in [-0.39, 0.29) is 10.6 Å². The number of benzene rings is 1. The van der Waals surface area contributed by atoms with Gasteiger partial charge in [0.25, 0.3) is 5.91 Å². The van der Waals surface area contributed by atoms with Gasteiger partial charge in [-0.3, -0.25) is 10.1 Å². The summed E-state index contributed by atoms with van der Waals surface area (Å²) in [6.45, 7) is 1.35. The second-order valence-corrected chi connectivity index (χ2v) is 8.67. The molecule has 1 aromatic carbocycles. The van der Waals surface area contributed by atoms with E-state index >= 15 is 0 Å². The number of morpholine rings is 1. The summed E-state index contributed by atoms with van der Waals surface area (Å²) in [6, 6.07) is 8.90. The average molecular weight is 392 g/mol. The van der Waals surface area contributed by atoms with Gasteiger partial charge >= 0.3 is 0 Å². The van der Waals surface area contributed by atoms with E-state index < -0.39 is 15.9 Å². The number of ether oxygens (including phenoxy) is 1. The molecular weight excluding hydrogens is 376 g/mol. The first kappa shape index (κ1) is 17.2. The molecule has 1 fully saturated rings. The fraction of sp³-hybridized carbons (Fsp3) is 0.250. The Balaban J connectivity index is 1.52. The highest BCUT2D eigenvalue weighted by Crippen LogP contribution is 2.26. The number of fused-ring (bicyclic) bond motifs is 1. The summed E-state index contributed by atoms with van der Waals surface area (Å²) in [7, 11) is -3.64. The van der Waals surface area contributed by atoms with Crippen molar-refractivity contribution in [1.29, 1.82) is 0 Å². The van der Waals surface area contributed by atoms with Crippen molar-refractivity contribution in [2.24, 2.45) is 0 Å². The van der Waals surface area contributed by atoms with Crippen LogP contribution in [0.25, 0.3) is 10.2 Å². The number of aromatic amines is 1. The minimum atomic E-state index is -3.64. The number of hydrogen-bond acceptors (Lipinski definition) is 6. The lowest BCUT2D eigenvalue weighted by Gasteiger charge is -2.25. The number of aromatic nitrogens is 2. The van der Waals surface area contributed by atoms with E-state index in [2.05, 4.69) is 15.3 Å². The van der Waals surface area contributed by atoms with Gasteiger partial charge in [0.15, 0.2) is 5.13 Å². The van der Waals surface area contributed by atoms with Crippen molar-refractivity contribution in [3.05, 3.63) is 42.2 Å². The van der Waals surface area contributed by atoms with Gasteiger partial charge in [0.2, 0.25) is 10.0 Å². The Bertz CT molecular complexity index is 1020. The second-order valence-electron chi connectivity index (χ2n) is 5.71. The summed E-state index contributed by atoms with van der Waals surface area (Å²) in [5.74, 6) is -0.438. The third-order valence-corrected chi connectivity index (χ3v) is 6.85. The zero-order valence-electron chi connectivity index (χ0n) is 13.6. The van der Waals surface area contributed by atoms with Gasteiger partial charge in [-0.25, -0.2) is 13.4 Å². The maximum absolute atomic E-state index is 12.6. The number of hydrogen-bond donors (Lipinski definition) is 2. The number of nitrogens with one attached hydrogen (secondary N) is 2. The summed E-state index contributed by atoms with van der Waals surface area (Å²) in [5.41, 5.74) is 0.964. The summed E-state index contributed by atoms with van der Waals surface area (Å²) in [4.78, 5) is 19.5. The van der Waals surface area contributed by atoms with Crippen LogP contribution in [-0.4, -0.2) is 54.9 Å². The SMILES string of the molecule is O=C(Nc1nc2ccccc2s1)c1cc(S(=O)(=O)N2CCOCC2)c[nH]1. The Morgan fingerprint density at radius 3 is 2.81 bits per heavy atom. The van der Waals surface area contributed by atoms with Gasteiger partial charge in [0, 0.05) is 19.3 Å². The van der Waals surface area contributed by atoms with Crippen LogP contribution in [0.4, 0.5) is 5.13 Å². The number of amides is 1. The first-order valence-electron chi connectivity index (χ1n) is 7.97. The van der Waals surface area contributed by atoms with E-state index in [1.54, 1.807) is 0 Å². The molecule has 3 aromatic rings. The predicted molar refractivity (Wildman–Crippen MR) is 97.9 cm³/mol. The number of para-hydroxylation sites is 1. The van der Waals surface area contributed by atoms with Crippen LogP contribution in [0.5, 0.6) is 0 Å². The Kier molecular flexibility index (Phi) is 4.49. The van der Waals surface area contributed by atoms with E-state index in [9.17, 15) is 13.2 Å². The molecule has 2 N–H and O–H groups in total. The number of H-pyrrole nitrogens is 1. The maximum atomic E-state index is 12.6. The Hall–Kier alpha value is -2.27. The molecule has 3 heterocycles. The van der Waals surface area contributed by atoms with E-state index in [1.807, 2.05) is 24.3 Å². The van der Waals surface area contributed by atoms with Gasteiger partial charge in [0.1, 0.15) is 10.6 Å². The molecule has 1 amide bonds. The van der Waals surface area contributed by atoms with Crippen LogP contribution in [0, 0.1) is 0 Å². The van der Waals surface area contributed by atoms with Crippen LogP contribution >= 0.6 is 11.3 Å². The highest BCUT2D eigenvalue weighted by atomic mass is 32.2. The number of carbonyl (C=O) groups excluding carboxylic acids is 1. The molecule has 1 saturated heterocycles. The van der Waals surface area contributed by atoms with E-state index in [4.69, 9.17) is 4.74 Å². The maximum Gasteiger partial charge on any atom is 0.273 e. The largest absolute Gasteiger partial charge is 0.379 e. The summed E-state index contributed by atoms with van der Waals surface area (Å²) < 4.78 is 32.7. The first-order valence-corrected chi connectivity index (χ1v) is 10.2. The molecule has 1 aliphatic heterocycles. The van der Waals surface area contributed by atoms with Crippen LogP contribution < -0.4 is 5.32 Å². The van der Waals surface area contributed by atoms with E-state index in [1.165, 1.54) is 27.9 Å². The van der Waals surface area contributed by atoms with Crippen molar-refractivity contribution in [2.75, 3.05) is 31.6 Å². The molecule has 26 heavy (non-hydrogen) atoms. The second kappa shape index (κ2) is 6.80. The molecule has 8 nitrogen and oxygen atoms in total. The van der Waals surface area contributed by atoms with Crippen LogP contribution in [0.1, 0.15) is 10.5 Å². The molecule has 136 valence electrons. The van der Waals surface area contributed by atoms with Crippen LogP contribution in [0.15, 0.2) is 41.4 Å². The third kappa shape index (κ3) is 3.23. The molecule has 1 aliphatic rings. The lowest BCUT2D eigenvalue weighted by Crippen LogP contribution is -2.40. The number of thiazole rings is 1. The van der Waals surface area contributed by atoms with Crippen molar-refractivity contribution in [3.63, 3.8) is 0 Å². The lowest BCUT2D eigenvalue weighted by atomic mass is 10.3. The highest BCUT2D eigenvalue weighted by molar-refractivity contribution is 7.89. The van der Waals surface area contributed by atoms with Gasteiger partial charge in [0.05, 0.1) is 23.4 Å². The molecule has 0 saturated carbocycles. The van der Waals surface area contributed by atoms with Gasteiger partial charge in [-0.1, -0.05) is 23.5 Å². The molecule has 0 unspecified atom stereocenters. The number of carbonyl (C=O) groups is 1. The molecule has 0 spiro atoms. The van der Waals surface area contributed by atoms with Gasteiger partial charge in [-0.05, 0) is 18.2 Å². The molecular formula is C16H16N4O4S2. The summed E-state index contributed by atoms with van der Waals surface area (Å²) >= 11 is 1.36. The molecule has 0 radical (unpaired) electrons. The molecule has 2 aromatic heterocycles. The topological polar surface area (TPSA) is 104 Å². The Morgan fingerprint density at radius 1 is 1.27 bits per heavy atom. The van der Waals surface area contributed by atoms with Crippen LogP contribution in [-0.2, 0) is 14.8 Å². The highest BCUT2D eigenvalue weighted by Gasteiger charge is 2.28. The smallest absolute Gasteiger partial charge is 0.273 e. The van der Waals surface area contributed by atoms with Crippen molar-refractivity contribution < 1.29 is 17.9 Å². The monoisotopic (exact) mass is 392 g/mol.